The highest BCUT2D eigenvalue weighted by molar-refractivity contribution is 6.31. The number of likely N-dealkylation sites (tertiary alicyclic amines) is 1. The number of halogens is 1. The summed E-state index contributed by atoms with van der Waals surface area (Å²) in [6, 6.07) is 5.72. The number of rotatable bonds is 3. The minimum absolute atomic E-state index is 0.127. The first-order chi connectivity index (χ1) is 10.7. The van der Waals surface area contributed by atoms with Crippen molar-refractivity contribution in [1.29, 1.82) is 0 Å². The molecule has 0 bridgehead atoms. The van der Waals surface area contributed by atoms with Gasteiger partial charge in [-0.1, -0.05) is 23.7 Å². The molecule has 0 radical (unpaired) electrons. The molecule has 0 N–H and O–H groups in total. The predicted octanol–water partition coefficient (Wildman–Crippen LogP) is 4.02. The number of Topliss-reactive ketones (excluding diaryl/α,β-unsaturated/α-hetero) is 1. The smallest absolute Gasteiger partial charge is 0.410 e. The summed E-state index contributed by atoms with van der Waals surface area (Å²) in [6.07, 6.45) is 0.647. The number of carbonyl (C=O) groups excluding carboxylic acids is 2. The lowest BCUT2D eigenvalue weighted by Gasteiger charge is -2.24. The fourth-order valence-electron chi connectivity index (χ4n) is 2.64. The van der Waals surface area contributed by atoms with Gasteiger partial charge in [-0.3, -0.25) is 4.79 Å². The van der Waals surface area contributed by atoms with E-state index in [0.717, 1.165) is 11.1 Å². The Morgan fingerprint density at radius 2 is 2.04 bits per heavy atom. The van der Waals surface area contributed by atoms with E-state index in [1.165, 1.54) is 0 Å². The van der Waals surface area contributed by atoms with E-state index in [1.54, 1.807) is 4.90 Å². The predicted molar refractivity (Wildman–Crippen MR) is 90.8 cm³/mol. The maximum Gasteiger partial charge on any atom is 0.410 e. The van der Waals surface area contributed by atoms with E-state index >= 15 is 0 Å². The van der Waals surface area contributed by atoms with E-state index in [4.69, 9.17) is 16.3 Å². The standard InChI is InChI=1S/C18H24ClNO3/c1-12-5-6-13(15(19)9-12)10-16(21)14-7-8-20(11-14)17(22)23-18(2,3)4/h5-6,9,14H,7-8,10-11H2,1-4H3. The molecule has 1 saturated heterocycles. The summed E-state index contributed by atoms with van der Waals surface area (Å²) in [4.78, 5) is 26.1. The van der Waals surface area contributed by atoms with Crippen LogP contribution in [0.5, 0.6) is 0 Å². The average molecular weight is 338 g/mol. The van der Waals surface area contributed by atoms with Crippen LogP contribution in [-0.4, -0.2) is 35.5 Å². The van der Waals surface area contributed by atoms with Crippen molar-refractivity contribution in [3.05, 3.63) is 34.3 Å². The maximum absolute atomic E-state index is 12.5. The van der Waals surface area contributed by atoms with Crippen LogP contribution in [0.1, 0.15) is 38.3 Å². The highest BCUT2D eigenvalue weighted by atomic mass is 35.5. The van der Waals surface area contributed by atoms with Crippen molar-refractivity contribution in [2.75, 3.05) is 13.1 Å². The third-order valence-corrected chi connectivity index (χ3v) is 4.22. The largest absolute Gasteiger partial charge is 0.444 e. The number of ether oxygens (including phenoxy) is 1. The van der Waals surface area contributed by atoms with E-state index in [2.05, 4.69) is 0 Å². The van der Waals surface area contributed by atoms with Crippen LogP contribution in [0, 0.1) is 12.8 Å². The Morgan fingerprint density at radius 3 is 2.65 bits per heavy atom. The molecule has 1 aromatic rings. The first-order valence-corrected chi connectivity index (χ1v) is 8.29. The van der Waals surface area contributed by atoms with Gasteiger partial charge < -0.3 is 9.64 Å². The molecule has 0 saturated carbocycles. The zero-order valence-corrected chi connectivity index (χ0v) is 14.9. The van der Waals surface area contributed by atoms with Gasteiger partial charge >= 0.3 is 6.09 Å². The van der Waals surface area contributed by atoms with E-state index < -0.39 is 5.60 Å². The molecule has 0 spiro atoms. The van der Waals surface area contributed by atoms with Crippen LogP contribution in [0.4, 0.5) is 4.79 Å². The van der Waals surface area contributed by atoms with Crippen molar-refractivity contribution in [2.45, 2.75) is 46.1 Å². The Balaban J connectivity index is 1.93. The molecule has 1 aromatic carbocycles. The van der Waals surface area contributed by atoms with Crippen molar-refractivity contribution in [2.24, 2.45) is 5.92 Å². The second-order valence-electron chi connectivity index (χ2n) is 7.15. The summed E-state index contributed by atoms with van der Waals surface area (Å²) in [6.45, 7) is 8.46. The van der Waals surface area contributed by atoms with Crippen molar-refractivity contribution >= 4 is 23.5 Å². The molecular weight excluding hydrogens is 314 g/mol. The van der Waals surface area contributed by atoms with Crippen molar-refractivity contribution < 1.29 is 14.3 Å². The van der Waals surface area contributed by atoms with Gasteiger partial charge in [-0.2, -0.15) is 0 Å². The molecule has 23 heavy (non-hydrogen) atoms. The summed E-state index contributed by atoms with van der Waals surface area (Å²) in [5, 5.41) is 0.625. The number of hydrogen-bond acceptors (Lipinski definition) is 3. The lowest BCUT2D eigenvalue weighted by Crippen LogP contribution is -2.36. The van der Waals surface area contributed by atoms with Crippen LogP contribution in [0.25, 0.3) is 0 Å². The Morgan fingerprint density at radius 1 is 1.35 bits per heavy atom. The number of ketones is 1. The van der Waals surface area contributed by atoms with Crippen LogP contribution in [0.2, 0.25) is 5.02 Å². The van der Waals surface area contributed by atoms with Crippen LogP contribution < -0.4 is 0 Å². The summed E-state index contributed by atoms with van der Waals surface area (Å²) in [7, 11) is 0. The summed E-state index contributed by atoms with van der Waals surface area (Å²) in [5.41, 5.74) is 1.40. The Labute approximate surface area is 142 Å². The van der Waals surface area contributed by atoms with Gasteiger partial charge in [0.2, 0.25) is 0 Å². The van der Waals surface area contributed by atoms with E-state index in [1.807, 2.05) is 45.9 Å². The Hall–Kier alpha value is -1.55. The molecule has 126 valence electrons. The number of hydrogen-bond donors (Lipinski definition) is 0. The zero-order chi connectivity index (χ0) is 17.2. The van der Waals surface area contributed by atoms with Crippen molar-refractivity contribution in [3.63, 3.8) is 0 Å². The Bertz CT molecular complexity index is 607. The first-order valence-electron chi connectivity index (χ1n) is 7.91. The first kappa shape index (κ1) is 17.8. The van der Waals surface area contributed by atoms with E-state index in [9.17, 15) is 9.59 Å². The van der Waals surface area contributed by atoms with Gasteiger partial charge in [0.1, 0.15) is 11.4 Å². The molecule has 5 heteroatoms. The van der Waals surface area contributed by atoms with Gasteiger partial charge in [-0.15, -0.1) is 0 Å². The van der Waals surface area contributed by atoms with Gasteiger partial charge in [0.05, 0.1) is 0 Å². The third kappa shape index (κ3) is 4.96. The number of benzene rings is 1. The molecule has 2 rings (SSSR count). The monoisotopic (exact) mass is 337 g/mol. The topological polar surface area (TPSA) is 46.6 Å². The van der Waals surface area contributed by atoms with Crippen LogP contribution >= 0.6 is 11.6 Å². The van der Waals surface area contributed by atoms with Crippen LogP contribution in [0.15, 0.2) is 18.2 Å². The minimum atomic E-state index is -0.519. The fraction of sp³-hybridized carbons (Fsp3) is 0.556. The average Bonchev–Trinajstić information content (AvgIpc) is 2.90. The summed E-state index contributed by atoms with van der Waals surface area (Å²) >= 11 is 6.20. The highest BCUT2D eigenvalue weighted by Crippen LogP contribution is 2.24. The molecule has 1 amide bonds. The quantitative estimate of drug-likeness (QED) is 0.837. The van der Waals surface area contributed by atoms with Gasteiger partial charge in [0.25, 0.3) is 0 Å². The molecule has 1 fully saturated rings. The second kappa shape index (κ2) is 6.91. The number of carbonyl (C=O) groups is 2. The van der Waals surface area contributed by atoms with Crippen molar-refractivity contribution in [3.8, 4) is 0 Å². The molecule has 1 atom stereocenters. The van der Waals surface area contributed by atoms with Gasteiger partial charge in [-0.05, 0) is 51.3 Å². The zero-order valence-electron chi connectivity index (χ0n) is 14.2. The van der Waals surface area contributed by atoms with Gasteiger partial charge in [-0.25, -0.2) is 4.79 Å². The van der Waals surface area contributed by atoms with Crippen LogP contribution in [0.3, 0.4) is 0 Å². The molecule has 0 aliphatic carbocycles. The number of nitrogens with zero attached hydrogens (tertiary/aromatic N) is 1. The van der Waals surface area contributed by atoms with E-state index in [-0.39, 0.29) is 17.8 Å². The highest BCUT2D eigenvalue weighted by Gasteiger charge is 2.33. The molecule has 1 aliphatic heterocycles. The SMILES string of the molecule is Cc1ccc(CC(=O)C2CCN(C(=O)OC(C)(C)C)C2)c(Cl)c1. The molecule has 4 nitrogen and oxygen atoms in total. The number of aryl methyl sites for hydroxylation is 1. The molecule has 1 unspecified atom stereocenters. The van der Waals surface area contributed by atoms with Gasteiger partial charge in [0, 0.05) is 30.5 Å². The molecule has 1 aliphatic rings. The summed E-state index contributed by atoms with van der Waals surface area (Å²) in [5.74, 6) is -0.0123. The second-order valence-corrected chi connectivity index (χ2v) is 7.56. The third-order valence-electron chi connectivity index (χ3n) is 3.87. The fourth-order valence-corrected chi connectivity index (χ4v) is 2.95. The molecule has 0 aromatic heterocycles. The normalized spacial score (nSPS) is 18.1. The van der Waals surface area contributed by atoms with E-state index in [0.29, 0.717) is 31.0 Å². The maximum atomic E-state index is 12.5. The Kier molecular flexibility index (Phi) is 5.35. The van der Waals surface area contributed by atoms with Crippen molar-refractivity contribution in [1.82, 2.24) is 4.90 Å². The molecular formula is C18H24ClNO3. The summed E-state index contributed by atoms with van der Waals surface area (Å²) < 4.78 is 5.35. The lowest BCUT2D eigenvalue weighted by molar-refractivity contribution is -0.121. The lowest BCUT2D eigenvalue weighted by atomic mass is 9.97. The van der Waals surface area contributed by atoms with Gasteiger partial charge in [0.15, 0.2) is 0 Å². The minimum Gasteiger partial charge on any atom is -0.444 e. The number of amides is 1. The molecule has 1 heterocycles. The van der Waals surface area contributed by atoms with Crippen LogP contribution in [-0.2, 0) is 16.0 Å².